The molecule has 0 aliphatic carbocycles. The van der Waals surface area contributed by atoms with Crippen molar-refractivity contribution in [1.82, 2.24) is 19.9 Å². The van der Waals surface area contributed by atoms with E-state index in [1.165, 1.54) is 6.20 Å². The molecule has 0 aromatic carbocycles. The number of anilines is 1. The molecular weight excluding hydrogens is 351 g/mol. The zero-order valence-electron chi connectivity index (χ0n) is 14.0. The summed E-state index contributed by atoms with van der Waals surface area (Å²) < 4.78 is 13.3. The lowest BCUT2D eigenvalue weighted by Gasteiger charge is -2.27. The Hall–Kier alpha value is -2.63. The first-order chi connectivity index (χ1) is 12.6. The number of nitrogen functional groups attached to an aromatic ring is 1. The van der Waals surface area contributed by atoms with Crippen molar-refractivity contribution in [3.63, 3.8) is 0 Å². The average molecular weight is 368 g/mol. The van der Waals surface area contributed by atoms with Crippen molar-refractivity contribution in [1.29, 1.82) is 5.26 Å². The van der Waals surface area contributed by atoms with Gasteiger partial charge in [0.15, 0.2) is 5.82 Å². The van der Waals surface area contributed by atoms with Crippen LogP contribution in [0.1, 0.15) is 23.3 Å². The minimum absolute atomic E-state index is 0.414. The number of hydrogen-bond acceptors (Lipinski definition) is 7. The third-order valence-electron chi connectivity index (χ3n) is 4.50. The van der Waals surface area contributed by atoms with Gasteiger partial charge in [-0.3, -0.25) is 9.88 Å². The maximum atomic E-state index is 13.3. The number of aromatic nitrogens is 3. The third-order valence-corrected chi connectivity index (χ3v) is 5.51. The molecule has 3 aromatic heterocycles. The van der Waals surface area contributed by atoms with Crippen LogP contribution >= 0.6 is 11.3 Å². The summed E-state index contributed by atoms with van der Waals surface area (Å²) in [4.78, 5) is 17.2. The fraction of sp³-hybridized carbons (Fsp3) is 0.333. The van der Waals surface area contributed by atoms with E-state index in [0.717, 1.165) is 34.7 Å². The van der Waals surface area contributed by atoms with Gasteiger partial charge in [-0.2, -0.15) is 5.26 Å². The van der Waals surface area contributed by atoms with E-state index in [2.05, 4.69) is 25.9 Å². The Morgan fingerprint density at radius 3 is 2.85 bits per heavy atom. The van der Waals surface area contributed by atoms with Gasteiger partial charge in [0.05, 0.1) is 10.9 Å². The highest BCUT2D eigenvalue weighted by Gasteiger charge is 2.19. The van der Waals surface area contributed by atoms with Crippen molar-refractivity contribution in [2.24, 2.45) is 0 Å². The van der Waals surface area contributed by atoms with Gasteiger partial charge in [-0.25, -0.2) is 14.4 Å². The molecule has 1 saturated heterocycles. The molecule has 3 aromatic rings. The van der Waals surface area contributed by atoms with Gasteiger partial charge in [-0.05, 0) is 25.0 Å². The number of halogens is 1. The van der Waals surface area contributed by atoms with Crippen molar-refractivity contribution in [3.8, 4) is 17.5 Å². The molecule has 26 heavy (non-hydrogen) atoms. The summed E-state index contributed by atoms with van der Waals surface area (Å²) in [7, 11) is 0. The van der Waals surface area contributed by atoms with Crippen LogP contribution in [0.25, 0.3) is 21.6 Å². The zero-order valence-corrected chi connectivity index (χ0v) is 14.8. The van der Waals surface area contributed by atoms with E-state index in [9.17, 15) is 4.39 Å². The van der Waals surface area contributed by atoms with Crippen LogP contribution in [0.15, 0.2) is 24.5 Å². The van der Waals surface area contributed by atoms with Crippen LogP contribution in [-0.2, 0) is 6.54 Å². The van der Waals surface area contributed by atoms with Crippen molar-refractivity contribution in [2.45, 2.75) is 25.6 Å². The van der Waals surface area contributed by atoms with Crippen LogP contribution in [0, 0.1) is 11.3 Å². The lowest BCUT2D eigenvalue weighted by molar-refractivity contribution is 0.146. The van der Waals surface area contributed by atoms with Gasteiger partial charge in [0.1, 0.15) is 22.9 Å². The fourth-order valence-corrected chi connectivity index (χ4v) is 4.18. The standard InChI is InChI=1S/C18H17FN6S/c19-13-1-3-25(4-2-13)10-14-6-15-16(21)23-17(24-18(15)26-14)12-5-11(7-20)8-22-9-12/h5-6,8-9,13H,1-4,10H2,(H2,21,23,24). The number of piperidine rings is 1. The molecule has 1 fully saturated rings. The molecule has 8 heteroatoms. The van der Waals surface area contributed by atoms with Crippen LogP contribution in [0.4, 0.5) is 10.2 Å². The van der Waals surface area contributed by atoms with Crippen LogP contribution < -0.4 is 5.73 Å². The summed E-state index contributed by atoms with van der Waals surface area (Å²) >= 11 is 1.57. The number of hydrogen-bond donors (Lipinski definition) is 1. The number of rotatable bonds is 3. The van der Waals surface area contributed by atoms with Crippen molar-refractivity contribution < 1.29 is 4.39 Å². The molecule has 1 aliphatic rings. The summed E-state index contributed by atoms with van der Waals surface area (Å²) in [6, 6.07) is 5.78. The molecule has 4 heterocycles. The number of nitrogens with zero attached hydrogens (tertiary/aromatic N) is 5. The number of thiophene rings is 1. The Kier molecular flexibility index (Phi) is 4.49. The minimum atomic E-state index is -0.671. The predicted molar refractivity (Wildman–Crippen MR) is 99.2 cm³/mol. The van der Waals surface area contributed by atoms with Gasteiger partial charge in [0.2, 0.25) is 0 Å². The van der Waals surface area contributed by atoms with Gasteiger partial charge in [0.25, 0.3) is 0 Å². The van der Waals surface area contributed by atoms with Crippen LogP contribution in [0.5, 0.6) is 0 Å². The summed E-state index contributed by atoms with van der Waals surface area (Å²) in [6.45, 7) is 2.32. The Morgan fingerprint density at radius 2 is 2.08 bits per heavy atom. The topological polar surface area (TPSA) is 91.7 Å². The van der Waals surface area contributed by atoms with E-state index in [-0.39, 0.29) is 0 Å². The summed E-state index contributed by atoms with van der Waals surface area (Å²) in [5, 5.41) is 9.86. The molecule has 2 N–H and O–H groups in total. The first-order valence-electron chi connectivity index (χ1n) is 8.40. The second-order valence-electron chi connectivity index (χ2n) is 6.39. The Labute approximate surface area is 154 Å². The smallest absolute Gasteiger partial charge is 0.164 e. The van der Waals surface area contributed by atoms with E-state index in [4.69, 9.17) is 11.0 Å². The zero-order chi connectivity index (χ0) is 18.1. The van der Waals surface area contributed by atoms with E-state index in [0.29, 0.717) is 35.6 Å². The SMILES string of the molecule is N#Cc1cncc(-c2nc(N)c3cc(CN4CCC(F)CC4)sc3n2)c1. The Balaban J connectivity index is 1.64. The van der Waals surface area contributed by atoms with Crippen molar-refractivity contribution in [3.05, 3.63) is 35.0 Å². The van der Waals surface area contributed by atoms with Crippen LogP contribution in [-0.4, -0.2) is 39.1 Å². The first kappa shape index (κ1) is 16.8. The van der Waals surface area contributed by atoms with E-state index < -0.39 is 6.17 Å². The monoisotopic (exact) mass is 368 g/mol. The van der Waals surface area contributed by atoms with Gasteiger partial charge >= 0.3 is 0 Å². The summed E-state index contributed by atoms with van der Waals surface area (Å²) in [5.74, 6) is 0.878. The molecular formula is C18H17FN6S. The molecule has 0 amide bonds. The van der Waals surface area contributed by atoms with Crippen molar-refractivity contribution in [2.75, 3.05) is 18.8 Å². The van der Waals surface area contributed by atoms with E-state index in [1.54, 1.807) is 23.6 Å². The predicted octanol–water partition coefficient (Wildman–Crippen LogP) is 3.14. The normalized spacial score (nSPS) is 16.0. The molecule has 6 nitrogen and oxygen atoms in total. The lowest BCUT2D eigenvalue weighted by Crippen LogP contribution is -2.33. The number of likely N-dealkylation sites (tertiary alicyclic amines) is 1. The quantitative estimate of drug-likeness (QED) is 0.763. The molecule has 0 spiro atoms. The minimum Gasteiger partial charge on any atom is -0.383 e. The second-order valence-corrected chi connectivity index (χ2v) is 7.50. The highest BCUT2D eigenvalue weighted by Crippen LogP contribution is 2.31. The first-order valence-corrected chi connectivity index (χ1v) is 9.22. The van der Waals surface area contributed by atoms with E-state index in [1.807, 2.05) is 6.07 Å². The largest absolute Gasteiger partial charge is 0.383 e. The number of pyridine rings is 1. The van der Waals surface area contributed by atoms with Gasteiger partial charge in [0, 0.05) is 42.5 Å². The summed E-state index contributed by atoms with van der Waals surface area (Å²) in [6.07, 6.45) is 3.64. The molecule has 4 rings (SSSR count). The van der Waals surface area contributed by atoms with Gasteiger partial charge in [-0.15, -0.1) is 11.3 Å². The highest BCUT2D eigenvalue weighted by atomic mass is 32.1. The third kappa shape index (κ3) is 3.36. The average Bonchev–Trinajstić information content (AvgIpc) is 3.07. The number of fused-ring (bicyclic) bond motifs is 1. The van der Waals surface area contributed by atoms with Crippen LogP contribution in [0.2, 0.25) is 0 Å². The summed E-state index contributed by atoms with van der Waals surface area (Å²) in [5.41, 5.74) is 7.25. The molecule has 0 bridgehead atoms. The highest BCUT2D eigenvalue weighted by molar-refractivity contribution is 7.18. The van der Waals surface area contributed by atoms with Crippen LogP contribution in [0.3, 0.4) is 0 Å². The molecule has 1 aliphatic heterocycles. The Bertz CT molecular complexity index is 987. The molecule has 0 radical (unpaired) electrons. The Morgan fingerprint density at radius 1 is 1.27 bits per heavy atom. The molecule has 132 valence electrons. The maximum absolute atomic E-state index is 13.3. The van der Waals surface area contributed by atoms with Gasteiger partial charge in [-0.1, -0.05) is 0 Å². The number of nitriles is 1. The number of alkyl halides is 1. The maximum Gasteiger partial charge on any atom is 0.164 e. The van der Waals surface area contributed by atoms with Crippen molar-refractivity contribution >= 4 is 27.4 Å². The van der Waals surface area contributed by atoms with E-state index >= 15 is 0 Å². The second kappa shape index (κ2) is 6.94. The molecule has 0 atom stereocenters. The molecule has 0 saturated carbocycles. The number of nitrogens with two attached hydrogens (primary N) is 1. The fourth-order valence-electron chi connectivity index (χ4n) is 3.10. The lowest BCUT2D eigenvalue weighted by atomic mass is 10.1. The van der Waals surface area contributed by atoms with Gasteiger partial charge < -0.3 is 5.73 Å². The molecule has 0 unspecified atom stereocenters.